The molecular formula is C118H116N3+3. The Morgan fingerprint density at radius 1 is 0.190 bits per heavy atom. The molecule has 15 aromatic rings. The lowest BCUT2D eigenvalue weighted by atomic mass is 9.56. The Labute approximate surface area is 720 Å². The standard InChI is InChI=1S/C42H42N.C38H36N.C38H38N/c1-29-25-32(31-13-5-4-6-14-31)17-19-34(29)40-26-30(2)35(28-43(40)3)33-18-20-38-39(27-33)42(23-11-12-24-42)37-16-8-7-15-36(37)41(38)21-9-10-22-41;1-25-21-28(27-11-7-6-8-12-27)15-17-30(25)36-22-26(2)31(24-39(36)5)29-16-18-33-35(23-29)38(19-20-38)34-14-10-9-13-32(34)37(33,3)4;1-25-21-28(27-13-9-8-10-14-27)17-19-30(25)36-22-26(2)31(24-39(36)7)29-18-20-34-35(23-29)38(5,6)33-16-12-11-15-32(33)37(34,3)4/h4-8,13-20,25-28H,9-12,21-24H2,1-3H3;6-18,21-24H,19-20H2,1-5H3;8-24H,1-7H3/q3*+1. The smallest absolute Gasteiger partial charge is 0.200 e. The fraction of sp³-hybridized carbons (Fsp3) is 0.263. The van der Waals surface area contributed by atoms with Crippen LogP contribution in [0.3, 0.4) is 0 Å². The molecular weight excluding hydrogens is 1460 g/mol. The Kier molecular flexibility index (Phi) is 19.8. The first kappa shape index (κ1) is 78.9. The lowest BCUT2D eigenvalue weighted by molar-refractivity contribution is -0.660. The third kappa shape index (κ3) is 13.3. The number of rotatable bonds is 9. The number of hydrogen-bond acceptors (Lipinski definition) is 0. The average Bonchev–Trinajstić information content (AvgIpc) is 1.59. The molecule has 3 aromatic heterocycles. The van der Waals surface area contributed by atoms with Gasteiger partial charge >= 0.3 is 0 Å². The molecule has 3 spiro atoms. The topological polar surface area (TPSA) is 11.6 Å². The number of benzene rings is 12. The van der Waals surface area contributed by atoms with Crippen molar-refractivity contribution in [2.75, 3.05) is 0 Å². The van der Waals surface area contributed by atoms with Gasteiger partial charge in [-0.2, -0.15) is 0 Å². The predicted octanol–water partition coefficient (Wildman–Crippen LogP) is 28.1. The van der Waals surface area contributed by atoms with Gasteiger partial charge in [-0.25, -0.2) is 13.7 Å². The number of pyridine rings is 3. The van der Waals surface area contributed by atoms with E-state index in [4.69, 9.17) is 0 Å². The van der Waals surface area contributed by atoms with Gasteiger partial charge in [-0.05, 0) is 267 Å². The first-order valence-electron chi connectivity index (χ1n) is 44.6. The third-order valence-corrected chi connectivity index (χ3v) is 29.8. The summed E-state index contributed by atoms with van der Waals surface area (Å²) in [5.74, 6) is 0. The molecule has 0 radical (unpaired) electrons. The Morgan fingerprint density at radius 3 is 0.760 bits per heavy atom. The van der Waals surface area contributed by atoms with Crippen LogP contribution in [-0.4, -0.2) is 0 Å². The van der Waals surface area contributed by atoms with E-state index in [-0.39, 0.29) is 32.5 Å². The Bertz CT molecular complexity index is 6340. The van der Waals surface area contributed by atoms with E-state index in [9.17, 15) is 0 Å². The van der Waals surface area contributed by atoms with E-state index in [0.717, 1.165) is 0 Å². The van der Waals surface area contributed by atoms with Crippen LogP contribution in [-0.2, 0) is 53.6 Å². The molecule has 12 aromatic carbocycles. The van der Waals surface area contributed by atoms with Crippen LogP contribution in [0.25, 0.3) is 101 Å². The Balaban J connectivity index is 0.000000120. The summed E-state index contributed by atoms with van der Waals surface area (Å²) in [5.41, 5.74) is 49.9. The van der Waals surface area contributed by atoms with Crippen LogP contribution in [0.15, 0.2) is 310 Å². The minimum atomic E-state index is -0.0505. The molecule has 3 saturated carbocycles. The molecule has 0 atom stereocenters. The van der Waals surface area contributed by atoms with Gasteiger partial charge in [0, 0.05) is 84.1 Å². The molecule has 600 valence electrons. The van der Waals surface area contributed by atoms with Gasteiger partial charge in [-0.1, -0.05) is 304 Å². The van der Waals surface area contributed by atoms with E-state index >= 15 is 0 Å². The minimum Gasteiger partial charge on any atom is -0.200 e. The van der Waals surface area contributed by atoms with Crippen molar-refractivity contribution in [3.8, 4) is 101 Å². The highest BCUT2D eigenvalue weighted by Crippen LogP contribution is 2.64. The van der Waals surface area contributed by atoms with E-state index in [1.807, 2.05) is 0 Å². The summed E-state index contributed by atoms with van der Waals surface area (Å²) in [6.45, 7) is 27.8. The van der Waals surface area contributed by atoms with Crippen molar-refractivity contribution < 1.29 is 13.7 Å². The lowest BCUT2D eigenvalue weighted by Crippen LogP contribution is -2.40. The molecule has 3 nitrogen and oxygen atoms in total. The summed E-state index contributed by atoms with van der Waals surface area (Å²) < 4.78 is 6.93. The maximum absolute atomic E-state index is 2.62. The zero-order valence-corrected chi connectivity index (χ0v) is 73.9. The molecule has 0 bridgehead atoms. The molecule has 3 heterocycles. The first-order chi connectivity index (χ1) is 58.4. The Hall–Kier alpha value is -11.9. The molecule has 0 amide bonds. The zero-order chi connectivity index (χ0) is 83.7. The normalized spacial score (nSPS) is 16.3. The van der Waals surface area contributed by atoms with Crippen LogP contribution >= 0.6 is 0 Å². The van der Waals surface area contributed by atoms with Crippen LogP contribution in [0.4, 0.5) is 0 Å². The molecule has 0 N–H and O–H groups in total. The monoisotopic (exact) mass is 1570 g/mol. The van der Waals surface area contributed by atoms with Gasteiger partial charge in [0.05, 0.1) is 0 Å². The second-order valence-corrected chi connectivity index (χ2v) is 38.2. The lowest BCUT2D eigenvalue weighted by Gasteiger charge is -2.47. The summed E-state index contributed by atoms with van der Waals surface area (Å²) in [4.78, 5) is 0. The number of fused-ring (bicyclic) bond motifs is 12. The maximum atomic E-state index is 2.62. The van der Waals surface area contributed by atoms with E-state index in [0.29, 0.717) is 0 Å². The van der Waals surface area contributed by atoms with Crippen molar-refractivity contribution >= 4 is 0 Å². The van der Waals surface area contributed by atoms with Crippen LogP contribution in [0, 0.1) is 41.5 Å². The highest BCUT2D eigenvalue weighted by atomic mass is 14.9. The highest BCUT2D eigenvalue weighted by Gasteiger charge is 2.55. The van der Waals surface area contributed by atoms with Crippen molar-refractivity contribution in [1.82, 2.24) is 0 Å². The van der Waals surface area contributed by atoms with Crippen molar-refractivity contribution in [1.29, 1.82) is 0 Å². The van der Waals surface area contributed by atoms with Crippen molar-refractivity contribution in [2.24, 2.45) is 21.1 Å². The van der Waals surface area contributed by atoms with Crippen molar-refractivity contribution in [2.45, 2.75) is 180 Å². The second kappa shape index (κ2) is 30.4. The van der Waals surface area contributed by atoms with E-state index in [1.54, 1.807) is 33.4 Å². The highest BCUT2D eigenvalue weighted by molar-refractivity contribution is 5.80. The molecule has 0 aliphatic heterocycles. The number of aryl methyl sites for hydroxylation is 9. The number of aromatic nitrogens is 3. The Morgan fingerprint density at radius 2 is 0.421 bits per heavy atom. The number of nitrogens with zero attached hydrogens (tertiary/aromatic N) is 3. The largest absolute Gasteiger partial charge is 0.212 e. The molecule has 6 aliphatic carbocycles. The molecule has 0 saturated heterocycles. The molecule has 3 fully saturated rings. The van der Waals surface area contributed by atoms with Gasteiger partial charge in [0.1, 0.15) is 21.1 Å². The van der Waals surface area contributed by atoms with E-state index in [2.05, 4.69) is 428 Å². The summed E-state index contributed by atoms with van der Waals surface area (Å²) in [7, 11) is 6.57. The maximum Gasteiger partial charge on any atom is 0.212 e. The fourth-order valence-corrected chi connectivity index (χ4v) is 23.1. The van der Waals surface area contributed by atoms with Gasteiger partial charge in [0.25, 0.3) is 0 Å². The zero-order valence-electron chi connectivity index (χ0n) is 73.9. The predicted molar refractivity (Wildman–Crippen MR) is 504 cm³/mol. The van der Waals surface area contributed by atoms with Gasteiger partial charge < -0.3 is 0 Å². The molecule has 3 heteroatoms. The summed E-state index contributed by atoms with van der Waals surface area (Å²) >= 11 is 0. The van der Waals surface area contributed by atoms with Crippen LogP contribution < -0.4 is 13.7 Å². The fourth-order valence-electron chi connectivity index (χ4n) is 23.1. The van der Waals surface area contributed by atoms with Crippen LogP contribution in [0.2, 0.25) is 0 Å². The summed E-state index contributed by atoms with van der Waals surface area (Å²) in [5, 5.41) is 0. The second-order valence-electron chi connectivity index (χ2n) is 38.2. The third-order valence-electron chi connectivity index (χ3n) is 29.8. The molecule has 121 heavy (non-hydrogen) atoms. The summed E-state index contributed by atoms with van der Waals surface area (Å²) in [6.07, 6.45) is 20.0. The van der Waals surface area contributed by atoms with Crippen molar-refractivity contribution in [3.63, 3.8) is 0 Å². The SMILES string of the molecule is Cc1cc(-c2ccc(-c3ccccc3)cc2C)[n+](C)cc1-c1ccc2c(c1)C(C)(C)c1ccccc1C2(C)C.Cc1cc(-c2ccc(-c3ccccc3)cc2C)[n+](C)cc1-c1ccc2c(c1)C1(CC1)c1ccccc1C2(C)C.Cc1cc(-c2ccc(-c3ccccc3)cc2C)[n+](C)cc1-c1ccc2c(c1)C1(CCCC1)c1ccccc1C21CCCC1. The quantitative estimate of drug-likeness (QED) is 0.128. The summed E-state index contributed by atoms with van der Waals surface area (Å²) in [6, 6.07) is 109. The van der Waals surface area contributed by atoms with E-state index < -0.39 is 0 Å². The number of hydrogen-bond donors (Lipinski definition) is 0. The van der Waals surface area contributed by atoms with Gasteiger partial charge in [0.2, 0.25) is 17.1 Å². The van der Waals surface area contributed by atoms with Gasteiger partial charge in [-0.3, -0.25) is 0 Å². The average molecular weight is 1580 g/mol. The minimum absolute atomic E-state index is 0.0192. The van der Waals surface area contributed by atoms with Crippen molar-refractivity contribution in [3.05, 3.63) is 410 Å². The van der Waals surface area contributed by atoms with E-state index in [1.165, 1.54) is 232 Å². The molecule has 0 unspecified atom stereocenters. The van der Waals surface area contributed by atoms with Gasteiger partial charge in [0.15, 0.2) is 18.6 Å². The molecule has 6 aliphatic rings. The van der Waals surface area contributed by atoms with Crippen LogP contribution in [0.1, 0.15) is 206 Å². The van der Waals surface area contributed by atoms with Gasteiger partial charge in [-0.15, -0.1) is 0 Å². The first-order valence-corrected chi connectivity index (χ1v) is 44.6. The van der Waals surface area contributed by atoms with Crippen LogP contribution in [0.5, 0.6) is 0 Å². The molecule has 21 rings (SSSR count).